The Morgan fingerprint density at radius 1 is 1.38 bits per heavy atom. The normalized spacial score (nSPS) is 23.2. The number of aryl methyl sites for hydroxylation is 1. The quantitative estimate of drug-likeness (QED) is 0.794. The summed E-state index contributed by atoms with van der Waals surface area (Å²) in [6.07, 6.45) is -2.49. The fraction of sp³-hybridized carbons (Fsp3) is 0.688. The molecular formula is C16H24ClF3N4O2. The minimum atomic E-state index is -4.51. The Labute approximate surface area is 156 Å². The molecule has 148 valence electrons. The van der Waals surface area contributed by atoms with Crippen molar-refractivity contribution in [2.45, 2.75) is 50.9 Å². The van der Waals surface area contributed by atoms with Gasteiger partial charge in [-0.1, -0.05) is 0 Å². The standard InChI is InChI=1S/C16H23F3N4O2.ClH/c1-9-7-13(16(17,18)19)23-14(22-9)5-6-21-15(24)10-3-4-12(25-2)11(20)8-10;/h7,10-12H,3-6,8,20H2,1-2H3,(H,21,24);1H/t10-,11+,12+;/m0./s1. The number of amides is 1. The Bertz CT molecular complexity index is 616. The average Bonchev–Trinajstić information content (AvgIpc) is 2.53. The molecule has 1 heterocycles. The molecule has 1 aromatic heterocycles. The second-order valence-corrected chi connectivity index (χ2v) is 6.30. The van der Waals surface area contributed by atoms with E-state index in [2.05, 4.69) is 15.3 Å². The van der Waals surface area contributed by atoms with E-state index < -0.39 is 11.9 Å². The van der Waals surface area contributed by atoms with Gasteiger partial charge in [-0.25, -0.2) is 9.97 Å². The van der Waals surface area contributed by atoms with Crippen LogP contribution in [0.1, 0.15) is 36.5 Å². The second-order valence-electron chi connectivity index (χ2n) is 6.30. The van der Waals surface area contributed by atoms with Gasteiger partial charge in [-0.2, -0.15) is 13.2 Å². The highest BCUT2D eigenvalue weighted by Crippen LogP contribution is 2.28. The minimum Gasteiger partial charge on any atom is -0.380 e. The number of hydrogen-bond acceptors (Lipinski definition) is 5. The number of carbonyl (C=O) groups is 1. The van der Waals surface area contributed by atoms with Crippen molar-refractivity contribution in [1.29, 1.82) is 0 Å². The van der Waals surface area contributed by atoms with Crippen molar-refractivity contribution >= 4 is 18.3 Å². The third kappa shape index (κ3) is 6.07. The molecule has 2 rings (SSSR count). The number of nitrogens with one attached hydrogen (secondary N) is 1. The van der Waals surface area contributed by atoms with Crippen LogP contribution in [-0.4, -0.2) is 41.7 Å². The van der Waals surface area contributed by atoms with Crippen LogP contribution < -0.4 is 11.1 Å². The first-order chi connectivity index (χ1) is 11.7. The summed E-state index contributed by atoms with van der Waals surface area (Å²) in [7, 11) is 1.60. The van der Waals surface area contributed by atoms with Crippen LogP contribution in [0.15, 0.2) is 6.07 Å². The molecule has 1 aliphatic rings. The van der Waals surface area contributed by atoms with Crippen LogP contribution in [0.2, 0.25) is 0 Å². The van der Waals surface area contributed by atoms with Gasteiger partial charge in [0.25, 0.3) is 0 Å². The molecule has 0 spiro atoms. The van der Waals surface area contributed by atoms with Gasteiger partial charge in [-0.3, -0.25) is 4.79 Å². The fourth-order valence-corrected chi connectivity index (χ4v) is 3.04. The average molecular weight is 397 g/mol. The number of halogens is 4. The number of rotatable bonds is 5. The third-order valence-corrected chi connectivity index (χ3v) is 4.35. The van der Waals surface area contributed by atoms with Crippen molar-refractivity contribution in [3.05, 3.63) is 23.3 Å². The highest BCUT2D eigenvalue weighted by molar-refractivity contribution is 5.85. The number of alkyl halides is 3. The maximum atomic E-state index is 12.8. The molecule has 0 radical (unpaired) electrons. The van der Waals surface area contributed by atoms with Gasteiger partial charge in [0.1, 0.15) is 11.5 Å². The number of carbonyl (C=O) groups excluding carboxylic acids is 1. The Morgan fingerprint density at radius 3 is 2.65 bits per heavy atom. The largest absolute Gasteiger partial charge is 0.433 e. The van der Waals surface area contributed by atoms with E-state index in [1.54, 1.807) is 7.11 Å². The summed E-state index contributed by atoms with van der Waals surface area (Å²) < 4.78 is 43.5. The smallest absolute Gasteiger partial charge is 0.380 e. The highest BCUT2D eigenvalue weighted by Gasteiger charge is 2.33. The molecule has 1 saturated carbocycles. The van der Waals surface area contributed by atoms with Gasteiger partial charge in [0.2, 0.25) is 5.91 Å². The van der Waals surface area contributed by atoms with E-state index >= 15 is 0 Å². The zero-order valence-electron chi connectivity index (χ0n) is 14.7. The maximum absolute atomic E-state index is 12.8. The van der Waals surface area contributed by atoms with Crippen molar-refractivity contribution in [2.24, 2.45) is 11.7 Å². The van der Waals surface area contributed by atoms with E-state index in [4.69, 9.17) is 10.5 Å². The molecule has 1 amide bonds. The van der Waals surface area contributed by atoms with Crippen molar-refractivity contribution in [3.63, 3.8) is 0 Å². The third-order valence-electron chi connectivity index (χ3n) is 4.35. The van der Waals surface area contributed by atoms with Crippen LogP contribution in [0, 0.1) is 12.8 Å². The van der Waals surface area contributed by atoms with Crippen LogP contribution in [0.25, 0.3) is 0 Å². The summed E-state index contributed by atoms with van der Waals surface area (Å²) in [6.45, 7) is 1.66. The molecule has 1 aromatic rings. The lowest BCUT2D eigenvalue weighted by Crippen LogP contribution is -2.45. The first kappa shape index (κ1) is 22.6. The molecule has 0 unspecified atom stereocenters. The summed E-state index contributed by atoms with van der Waals surface area (Å²) in [5.41, 5.74) is 5.26. The van der Waals surface area contributed by atoms with Gasteiger partial charge in [0, 0.05) is 37.7 Å². The molecule has 3 N–H and O–H groups in total. The molecular weight excluding hydrogens is 373 g/mol. The predicted molar refractivity (Wildman–Crippen MR) is 91.8 cm³/mol. The van der Waals surface area contributed by atoms with Crippen molar-refractivity contribution in [1.82, 2.24) is 15.3 Å². The summed E-state index contributed by atoms with van der Waals surface area (Å²) in [5, 5.41) is 2.74. The van der Waals surface area contributed by atoms with E-state index in [1.807, 2.05) is 0 Å². The number of hydrogen-bond donors (Lipinski definition) is 2. The van der Waals surface area contributed by atoms with E-state index in [9.17, 15) is 18.0 Å². The van der Waals surface area contributed by atoms with Crippen molar-refractivity contribution < 1.29 is 22.7 Å². The summed E-state index contributed by atoms with van der Waals surface area (Å²) in [4.78, 5) is 19.7. The number of nitrogens with zero attached hydrogens (tertiary/aromatic N) is 2. The summed E-state index contributed by atoms with van der Waals surface area (Å²) >= 11 is 0. The molecule has 0 aromatic carbocycles. The number of aromatic nitrogens is 2. The minimum absolute atomic E-state index is 0. The van der Waals surface area contributed by atoms with Crippen molar-refractivity contribution in [3.8, 4) is 0 Å². The molecule has 1 aliphatic carbocycles. The molecule has 10 heteroatoms. The SMILES string of the molecule is CO[C@@H]1CC[C@H](C(=O)NCCc2nc(C)cc(C(F)(F)F)n2)C[C@H]1N.Cl. The molecule has 6 nitrogen and oxygen atoms in total. The van der Waals surface area contributed by atoms with Crippen LogP contribution in [-0.2, 0) is 22.1 Å². The maximum Gasteiger partial charge on any atom is 0.433 e. The van der Waals surface area contributed by atoms with Crippen LogP contribution in [0.5, 0.6) is 0 Å². The van der Waals surface area contributed by atoms with E-state index in [1.165, 1.54) is 6.92 Å². The lowest BCUT2D eigenvalue weighted by molar-refractivity contribution is -0.141. The second kappa shape index (κ2) is 9.48. The van der Waals surface area contributed by atoms with Gasteiger partial charge < -0.3 is 15.8 Å². The fourth-order valence-electron chi connectivity index (χ4n) is 3.04. The van der Waals surface area contributed by atoms with Gasteiger partial charge in [0.05, 0.1) is 6.10 Å². The number of nitrogens with two attached hydrogens (primary N) is 1. The predicted octanol–water partition coefficient (Wildman–Crippen LogP) is 2.03. The lowest BCUT2D eigenvalue weighted by Gasteiger charge is -2.32. The van der Waals surface area contributed by atoms with Gasteiger partial charge in [0.15, 0.2) is 0 Å². The first-order valence-electron chi connectivity index (χ1n) is 8.18. The highest BCUT2D eigenvalue weighted by atomic mass is 35.5. The number of ether oxygens (including phenoxy) is 1. The molecule has 26 heavy (non-hydrogen) atoms. The van der Waals surface area contributed by atoms with Gasteiger partial charge in [-0.15, -0.1) is 12.4 Å². The van der Waals surface area contributed by atoms with Crippen LogP contribution >= 0.6 is 12.4 Å². The monoisotopic (exact) mass is 396 g/mol. The van der Waals surface area contributed by atoms with Crippen LogP contribution in [0.3, 0.4) is 0 Å². The van der Waals surface area contributed by atoms with E-state index in [0.717, 1.165) is 6.07 Å². The van der Waals surface area contributed by atoms with E-state index in [-0.39, 0.29) is 60.9 Å². The van der Waals surface area contributed by atoms with Gasteiger partial charge in [-0.05, 0) is 32.3 Å². The molecule has 3 atom stereocenters. The zero-order valence-corrected chi connectivity index (χ0v) is 15.5. The molecule has 0 aliphatic heterocycles. The summed E-state index contributed by atoms with van der Waals surface area (Å²) in [6, 6.07) is 0.710. The lowest BCUT2D eigenvalue weighted by atomic mass is 9.83. The Balaban J connectivity index is 0.00000338. The Morgan fingerprint density at radius 2 is 2.08 bits per heavy atom. The number of methoxy groups -OCH3 is 1. The molecule has 1 fully saturated rings. The summed E-state index contributed by atoms with van der Waals surface area (Å²) in [5.74, 6) is -0.285. The van der Waals surface area contributed by atoms with Crippen LogP contribution in [0.4, 0.5) is 13.2 Å². The van der Waals surface area contributed by atoms with E-state index in [0.29, 0.717) is 19.3 Å². The molecule has 0 bridgehead atoms. The zero-order chi connectivity index (χ0) is 18.6. The molecule has 0 saturated heterocycles. The Hall–Kier alpha value is -1.45. The van der Waals surface area contributed by atoms with Gasteiger partial charge >= 0.3 is 6.18 Å². The topological polar surface area (TPSA) is 90.1 Å². The first-order valence-corrected chi connectivity index (χ1v) is 8.18. The Kier molecular flexibility index (Phi) is 8.23. The van der Waals surface area contributed by atoms with Crippen molar-refractivity contribution in [2.75, 3.05) is 13.7 Å².